The predicted octanol–water partition coefficient (Wildman–Crippen LogP) is 1.88. The van der Waals surface area contributed by atoms with E-state index >= 15 is 0 Å². The van der Waals surface area contributed by atoms with Crippen LogP contribution in [0.4, 0.5) is 5.82 Å². The van der Waals surface area contributed by atoms with Crippen molar-refractivity contribution in [1.29, 1.82) is 0 Å². The molecule has 5 heteroatoms. The molecule has 0 aliphatic carbocycles. The minimum Gasteiger partial charge on any atom is -0.310 e. The maximum Gasteiger partial charge on any atom is 0.242 e. The van der Waals surface area contributed by atoms with Crippen LogP contribution >= 0.6 is 0 Å². The molecular weight excluding hydrogens is 240 g/mol. The van der Waals surface area contributed by atoms with Crippen molar-refractivity contribution in [1.82, 2.24) is 14.7 Å². The molecule has 2 rings (SSSR count). The quantitative estimate of drug-likeness (QED) is 0.796. The molecule has 1 aliphatic heterocycles. The predicted molar refractivity (Wildman–Crippen MR) is 75.9 cm³/mol. The Morgan fingerprint density at radius 3 is 3.26 bits per heavy atom. The molecule has 1 aromatic rings. The third-order valence-corrected chi connectivity index (χ3v) is 3.43. The summed E-state index contributed by atoms with van der Waals surface area (Å²) in [6.45, 7) is 8.40. The van der Waals surface area contributed by atoms with Gasteiger partial charge in [0.2, 0.25) is 5.91 Å². The van der Waals surface area contributed by atoms with Crippen molar-refractivity contribution in [3.8, 4) is 0 Å². The number of aryl methyl sites for hydroxylation is 1. The molecule has 1 saturated heterocycles. The Balaban J connectivity index is 2.00. The van der Waals surface area contributed by atoms with Crippen LogP contribution in [0, 0.1) is 0 Å². The minimum absolute atomic E-state index is 0.0389. The number of hydrogen-bond donors (Lipinski definition) is 1. The number of rotatable bonds is 6. The van der Waals surface area contributed by atoms with E-state index in [0.29, 0.717) is 0 Å². The highest BCUT2D eigenvalue weighted by molar-refractivity contribution is 5.94. The van der Waals surface area contributed by atoms with Gasteiger partial charge in [0.1, 0.15) is 5.82 Å². The molecule has 0 bridgehead atoms. The third-order valence-electron chi connectivity index (χ3n) is 3.43. The molecule has 1 atom stereocenters. The second-order valence-electron chi connectivity index (χ2n) is 4.87. The summed E-state index contributed by atoms with van der Waals surface area (Å²) >= 11 is 0. The van der Waals surface area contributed by atoms with E-state index in [1.807, 2.05) is 16.8 Å². The van der Waals surface area contributed by atoms with Crippen LogP contribution in [0.3, 0.4) is 0 Å². The first-order chi connectivity index (χ1) is 9.26. The summed E-state index contributed by atoms with van der Waals surface area (Å²) in [7, 11) is 0. The lowest BCUT2D eigenvalue weighted by molar-refractivity contribution is -0.120. The summed E-state index contributed by atoms with van der Waals surface area (Å²) in [6.07, 6.45) is 6.56. The topological polar surface area (TPSA) is 50.2 Å². The van der Waals surface area contributed by atoms with Crippen LogP contribution in [0.1, 0.15) is 26.2 Å². The van der Waals surface area contributed by atoms with Crippen LogP contribution in [-0.4, -0.2) is 39.7 Å². The molecule has 104 valence electrons. The zero-order valence-electron chi connectivity index (χ0n) is 11.5. The van der Waals surface area contributed by atoms with Gasteiger partial charge in [-0.3, -0.25) is 9.69 Å². The van der Waals surface area contributed by atoms with Gasteiger partial charge in [-0.25, -0.2) is 4.68 Å². The normalized spacial score (nSPS) is 19.5. The Hall–Kier alpha value is -1.62. The lowest BCUT2D eigenvalue weighted by atomic mass is 10.2. The average molecular weight is 262 g/mol. The summed E-state index contributed by atoms with van der Waals surface area (Å²) in [6, 6.07) is 1.81. The first-order valence-electron chi connectivity index (χ1n) is 6.94. The molecule has 1 N–H and O–H groups in total. The molecule has 1 aromatic heterocycles. The maximum absolute atomic E-state index is 12.3. The van der Waals surface area contributed by atoms with Crippen LogP contribution in [0.2, 0.25) is 0 Å². The molecule has 1 fully saturated rings. The molecule has 0 saturated carbocycles. The second kappa shape index (κ2) is 6.52. The highest BCUT2D eigenvalue weighted by Gasteiger charge is 2.30. The van der Waals surface area contributed by atoms with Crippen molar-refractivity contribution >= 4 is 11.7 Å². The summed E-state index contributed by atoms with van der Waals surface area (Å²) in [5.41, 5.74) is 0. The number of amides is 1. The summed E-state index contributed by atoms with van der Waals surface area (Å²) < 4.78 is 1.84. The van der Waals surface area contributed by atoms with E-state index in [1.165, 1.54) is 0 Å². The van der Waals surface area contributed by atoms with Gasteiger partial charge in [0, 0.05) is 19.2 Å². The summed E-state index contributed by atoms with van der Waals surface area (Å²) in [5, 5.41) is 7.20. The Bertz CT molecular complexity index is 440. The van der Waals surface area contributed by atoms with E-state index in [9.17, 15) is 4.79 Å². The van der Waals surface area contributed by atoms with Gasteiger partial charge in [-0.2, -0.15) is 5.10 Å². The molecule has 2 heterocycles. The van der Waals surface area contributed by atoms with Gasteiger partial charge < -0.3 is 5.32 Å². The number of carbonyl (C=O) groups is 1. The van der Waals surface area contributed by atoms with E-state index in [-0.39, 0.29) is 11.9 Å². The first kappa shape index (κ1) is 13.8. The van der Waals surface area contributed by atoms with E-state index < -0.39 is 0 Å². The van der Waals surface area contributed by atoms with Crippen LogP contribution in [-0.2, 0) is 11.3 Å². The van der Waals surface area contributed by atoms with Gasteiger partial charge in [-0.15, -0.1) is 6.58 Å². The van der Waals surface area contributed by atoms with Gasteiger partial charge in [-0.05, 0) is 25.8 Å². The van der Waals surface area contributed by atoms with Crippen molar-refractivity contribution in [2.45, 2.75) is 38.8 Å². The fourth-order valence-corrected chi connectivity index (χ4v) is 2.55. The molecule has 0 aromatic carbocycles. The number of carbonyl (C=O) groups excluding carboxylic acids is 1. The number of hydrogen-bond acceptors (Lipinski definition) is 3. The van der Waals surface area contributed by atoms with Crippen LogP contribution in [0.25, 0.3) is 0 Å². The lowest BCUT2D eigenvalue weighted by Crippen LogP contribution is -2.40. The molecular formula is C14H22N4O. The zero-order chi connectivity index (χ0) is 13.7. The summed E-state index contributed by atoms with van der Waals surface area (Å²) in [4.78, 5) is 14.5. The van der Waals surface area contributed by atoms with Crippen LogP contribution < -0.4 is 5.32 Å². The van der Waals surface area contributed by atoms with Crippen molar-refractivity contribution in [3.63, 3.8) is 0 Å². The smallest absolute Gasteiger partial charge is 0.242 e. The average Bonchev–Trinajstić information content (AvgIpc) is 3.00. The van der Waals surface area contributed by atoms with Crippen LogP contribution in [0.5, 0.6) is 0 Å². The molecule has 19 heavy (non-hydrogen) atoms. The van der Waals surface area contributed by atoms with Gasteiger partial charge in [-0.1, -0.05) is 13.0 Å². The number of nitrogens with zero attached hydrogens (tertiary/aromatic N) is 3. The molecule has 0 radical (unpaired) electrons. The zero-order valence-corrected chi connectivity index (χ0v) is 11.5. The van der Waals surface area contributed by atoms with Crippen molar-refractivity contribution in [2.75, 3.05) is 18.4 Å². The fraction of sp³-hybridized carbons (Fsp3) is 0.571. The molecule has 1 amide bonds. The Labute approximate surface area is 114 Å². The fourth-order valence-electron chi connectivity index (χ4n) is 2.55. The standard InChI is InChI=1S/C14H22N4O/c1-3-9-17-11-5-6-12(17)14(19)16-13-7-8-15-18(13)10-4-2/h3,7-8,12H,1,4-6,9-11H2,2H3,(H,16,19)/t12-/m0/s1. The van der Waals surface area contributed by atoms with Crippen LogP contribution in [0.15, 0.2) is 24.9 Å². The maximum atomic E-state index is 12.3. The number of aromatic nitrogens is 2. The van der Waals surface area contributed by atoms with E-state index in [1.54, 1.807) is 6.20 Å². The largest absolute Gasteiger partial charge is 0.310 e. The van der Waals surface area contributed by atoms with Gasteiger partial charge in [0.05, 0.1) is 12.2 Å². The molecule has 1 aliphatic rings. The number of anilines is 1. The van der Waals surface area contributed by atoms with E-state index in [4.69, 9.17) is 0 Å². The highest BCUT2D eigenvalue weighted by Crippen LogP contribution is 2.19. The number of likely N-dealkylation sites (tertiary alicyclic amines) is 1. The van der Waals surface area contributed by atoms with E-state index in [0.717, 1.165) is 44.7 Å². The van der Waals surface area contributed by atoms with Gasteiger partial charge in [0.25, 0.3) is 0 Å². The third kappa shape index (κ3) is 3.23. The van der Waals surface area contributed by atoms with Crippen molar-refractivity contribution in [2.24, 2.45) is 0 Å². The Morgan fingerprint density at radius 2 is 2.53 bits per heavy atom. The first-order valence-corrected chi connectivity index (χ1v) is 6.94. The minimum atomic E-state index is -0.0389. The monoisotopic (exact) mass is 262 g/mol. The second-order valence-corrected chi connectivity index (χ2v) is 4.87. The van der Waals surface area contributed by atoms with Gasteiger partial charge >= 0.3 is 0 Å². The SMILES string of the molecule is C=CCN1CCC[C@H]1C(=O)Nc1ccnn1CCC. The summed E-state index contributed by atoms with van der Waals surface area (Å²) in [5.74, 6) is 0.856. The number of nitrogens with one attached hydrogen (secondary N) is 1. The Kier molecular flexibility index (Phi) is 4.74. The van der Waals surface area contributed by atoms with Gasteiger partial charge in [0.15, 0.2) is 0 Å². The highest BCUT2D eigenvalue weighted by atomic mass is 16.2. The van der Waals surface area contributed by atoms with Crippen molar-refractivity contribution in [3.05, 3.63) is 24.9 Å². The van der Waals surface area contributed by atoms with E-state index in [2.05, 4.69) is 28.8 Å². The molecule has 0 unspecified atom stereocenters. The lowest BCUT2D eigenvalue weighted by Gasteiger charge is -2.22. The molecule has 5 nitrogen and oxygen atoms in total. The molecule has 0 spiro atoms. The van der Waals surface area contributed by atoms with Crippen molar-refractivity contribution < 1.29 is 4.79 Å². The Morgan fingerprint density at radius 1 is 1.68 bits per heavy atom.